The maximum atomic E-state index is 12.5. The average Bonchev–Trinajstić information content (AvgIpc) is 2.27. The van der Waals surface area contributed by atoms with Crippen LogP contribution in [0.15, 0.2) is 24.3 Å². The summed E-state index contributed by atoms with van der Waals surface area (Å²) in [6, 6.07) is 6.03. The van der Waals surface area contributed by atoms with Gasteiger partial charge in [0.05, 0.1) is 6.54 Å². The summed E-state index contributed by atoms with van der Waals surface area (Å²) in [5.41, 5.74) is 11.1. The van der Waals surface area contributed by atoms with E-state index in [2.05, 4.69) is 0 Å². The van der Waals surface area contributed by atoms with Gasteiger partial charge < -0.3 is 11.5 Å². The van der Waals surface area contributed by atoms with E-state index in [4.69, 9.17) is 11.5 Å². The van der Waals surface area contributed by atoms with Gasteiger partial charge in [-0.2, -0.15) is 13.1 Å². The molecule has 0 fully saturated rings. The molecule has 0 aliphatic carbocycles. The topological polar surface area (TPSA) is 106 Å². The molecule has 0 saturated heterocycles. The van der Waals surface area contributed by atoms with Crippen molar-refractivity contribution in [3.8, 4) is 0 Å². The Kier molecular flexibility index (Phi) is 4.78. The number of nitrogens with two attached hydrogens (primary N) is 2. The summed E-state index contributed by atoms with van der Waals surface area (Å²) in [5.74, 6) is -4.64. The number of rotatable bonds is 6. The Labute approximate surface area is 109 Å². The normalized spacial score (nSPS) is 12.0. The minimum absolute atomic E-state index is 0.328. The molecule has 1 aromatic carbocycles. The van der Waals surface area contributed by atoms with Gasteiger partial charge in [0.25, 0.3) is 10.0 Å². The second-order valence-electron chi connectivity index (χ2n) is 3.79. The zero-order chi connectivity index (χ0) is 14.6. The highest BCUT2D eigenvalue weighted by molar-refractivity contribution is 7.89. The SMILES string of the molecule is NC(=O)CN(Cc1cccc(N)c1)S(=O)(=O)C(F)F. The lowest BCUT2D eigenvalue weighted by Crippen LogP contribution is -2.40. The van der Waals surface area contributed by atoms with Crippen LogP contribution in [0.3, 0.4) is 0 Å². The van der Waals surface area contributed by atoms with E-state index in [0.29, 0.717) is 15.6 Å². The number of anilines is 1. The van der Waals surface area contributed by atoms with E-state index in [0.717, 1.165) is 0 Å². The zero-order valence-corrected chi connectivity index (χ0v) is 10.6. The lowest BCUT2D eigenvalue weighted by Gasteiger charge is -2.20. The Morgan fingerprint density at radius 2 is 2.00 bits per heavy atom. The molecule has 0 atom stereocenters. The number of hydrogen-bond donors (Lipinski definition) is 2. The molecule has 1 rings (SSSR count). The van der Waals surface area contributed by atoms with Crippen molar-refractivity contribution in [3.05, 3.63) is 29.8 Å². The summed E-state index contributed by atoms with van der Waals surface area (Å²) in [6.07, 6.45) is 0. The predicted molar refractivity (Wildman–Crippen MR) is 65.4 cm³/mol. The van der Waals surface area contributed by atoms with Crippen molar-refractivity contribution in [2.75, 3.05) is 12.3 Å². The molecular weight excluding hydrogens is 280 g/mol. The molecule has 1 amide bonds. The third-order valence-electron chi connectivity index (χ3n) is 2.23. The van der Waals surface area contributed by atoms with Gasteiger partial charge in [0.1, 0.15) is 0 Å². The number of alkyl halides is 2. The number of nitrogen functional groups attached to an aromatic ring is 1. The molecule has 19 heavy (non-hydrogen) atoms. The van der Waals surface area contributed by atoms with Crippen molar-refractivity contribution in [1.82, 2.24) is 4.31 Å². The molecule has 0 unspecified atom stereocenters. The van der Waals surface area contributed by atoms with Gasteiger partial charge in [-0.1, -0.05) is 12.1 Å². The Balaban J connectivity index is 3.02. The van der Waals surface area contributed by atoms with Gasteiger partial charge in [0, 0.05) is 12.2 Å². The third-order valence-corrected chi connectivity index (χ3v) is 3.66. The van der Waals surface area contributed by atoms with Crippen LogP contribution >= 0.6 is 0 Å². The van der Waals surface area contributed by atoms with E-state index in [-0.39, 0.29) is 0 Å². The first-order valence-corrected chi connectivity index (χ1v) is 6.63. The fourth-order valence-corrected chi connectivity index (χ4v) is 2.28. The first-order chi connectivity index (χ1) is 8.73. The van der Waals surface area contributed by atoms with Crippen molar-refractivity contribution < 1.29 is 22.0 Å². The Bertz CT molecular complexity index is 563. The van der Waals surface area contributed by atoms with Gasteiger partial charge in [0.2, 0.25) is 5.91 Å². The van der Waals surface area contributed by atoms with Crippen LogP contribution in [-0.4, -0.2) is 30.9 Å². The van der Waals surface area contributed by atoms with Crippen LogP contribution in [0.25, 0.3) is 0 Å². The van der Waals surface area contributed by atoms with Gasteiger partial charge >= 0.3 is 5.76 Å². The summed E-state index contributed by atoms with van der Waals surface area (Å²) in [4.78, 5) is 10.8. The number of nitrogens with zero attached hydrogens (tertiary/aromatic N) is 1. The van der Waals surface area contributed by atoms with E-state index in [9.17, 15) is 22.0 Å². The largest absolute Gasteiger partial charge is 0.399 e. The quantitative estimate of drug-likeness (QED) is 0.726. The van der Waals surface area contributed by atoms with Gasteiger partial charge in [-0.25, -0.2) is 8.42 Å². The predicted octanol–water partition coefficient (Wildman–Crippen LogP) is 0.109. The summed E-state index contributed by atoms with van der Waals surface area (Å²) in [6.45, 7) is -1.22. The van der Waals surface area contributed by atoms with Crippen molar-refractivity contribution >= 4 is 21.6 Å². The second kappa shape index (κ2) is 5.93. The molecule has 1 aromatic rings. The van der Waals surface area contributed by atoms with Crippen molar-refractivity contribution in [2.24, 2.45) is 5.73 Å². The van der Waals surface area contributed by atoms with Crippen LogP contribution in [0.4, 0.5) is 14.5 Å². The van der Waals surface area contributed by atoms with Crippen molar-refractivity contribution in [2.45, 2.75) is 12.3 Å². The molecular formula is C10H13F2N3O3S. The Hall–Kier alpha value is -1.74. The number of carbonyl (C=O) groups is 1. The number of halogens is 2. The summed E-state index contributed by atoms with van der Waals surface area (Å²) in [7, 11) is -4.89. The number of hydrogen-bond acceptors (Lipinski definition) is 4. The summed E-state index contributed by atoms with van der Waals surface area (Å²) >= 11 is 0. The Morgan fingerprint density at radius 3 is 2.47 bits per heavy atom. The minimum atomic E-state index is -4.89. The number of sulfonamides is 1. The van der Waals surface area contributed by atoms with E-state index in [1.54, 1.807) is 12.1 Å². The van der Waals surface area contributed by atoms with E-state index in [1.165, 1.54) is 12.1 Å². The molecule has 0 saturated carbocycles. The highest BCUT2D eigenvalue weighted by Crippen LogP contribution is 2.16. The van der Waals surface area contributed by atoms with Crippen LogP contribution in [0, 0.1) is 0 Å². The zero-order valence-electron chi connectivity index (χ0n) is 9.79. The van der Waals surface area contributed by atoms with E-state index in [1.807, 2.05) is 0 Å². The van der Waals surface area contributed by atoms with Gasteiger partial charge in [0.15, 0.2) is 0 Å². The fraction of sp³-hybridized carbons (Fsp3) is 0.300. The average molecular weight is 293 g/mol. The molecule has 9 heteroatoms. The van der Waals surface area contributed by atoms with E-state index < -0.39 is 34.8 Å². The molecule has 0 aliphatic rings. The molecule has 0 heterocycles. The summed E-state index contributed by atoms with van der Waals surface area (Å²) < 4.78 is 48.1. The first-order valence-electron chi connectivity index (χ1n) is 5.13. The molecule has 0 aliphatic heterocycles. The van der Waals surface area contributed by atoms with Gasteiger partial charge in [-0.05, 0) is 17.7 Å². The number of carbonyl (C=O) groups excluding carboxylic acids is 1. The number of amides is 1. The molecule has 0 bridgehead atoms. The molecule has 0 aromatic heterocycles. The molecule has 6 nitrogen and oxygen atoms in total. The molecule has 106 valence electrons. The highest BCUT2D eigenvalue weighted by Gasteiger charge is 2.33. The molecule has 4 N–H and O–H groups in total. The van der Waals surface area contributed by atoms with Crippen molar-refractivity contribution in [1.29, 1.82) is 0 Å². The second-order valence-corrected chi connectivity index (χ2v) is 5.69. The van der Waals surface area contributed by atoms with Crippen molar-refractivity contribution in [3.63, 3.8) is 0 Å². The lowest BCUT2D eigenvalue weighted by atomic mass is 10.2. The van der Waals surface area contributed by atoms with Gasteiger partial charge in [-0.3, -0.25) is 4.79 Å². The van der Waals surface area contributed by atoms with Crippen LogP contribution in [0.5, 0.6) is 0 Å². The summed E-state index contributed by atoms with van der Waals surface area (Å²) in [5, 5.41) is 0. The number of primary amides is 1. The van der Waals surface area contributed by atoms with Gasteiger partial charge in [-0.15, -0.1) is 0 Å². The monoisotopic (exact) mass is 293 g/mol. The van der Waals surface area contributed by atoms with Crippen LogP contribution in [0.1, 0.15) is 5.56 Å². The smallest absolute Gasteiger partial charge is 0.350 e. The van der Waals surface area contributed by atoms with Crippen LogP contribution in [0.2, 0.25) is 0 Å². The first kappa shape index (κ1) is 15.3. The Morgan fingerprint density at radius 1 is 1.37 bits per heavy atom. The lowest BCUT2D eigenvalue weighted by molar-refractivity contribution is -0.118. The van der Waals surface area contributed by atoms with Crippen LogP contribution in [-0.2, 0) is 21.4 Å². The highest BCUT2D eigenvalue weighted by atomic mass is 32.2. The fourth-order valence-electron chi connectivity index (χ4n) is 1.42. The molecule has 0 radical (unpaired) electrons. The number of benzene rings is 1. The van der Waals surface area contributed by atoms with E-state index >= 15 is 0 Å². The molecule has 0 spiro atoms. The third kappa shape index (κ3) is 4.14. The maximum Gasteiger partial charge on any atom is 0.350 e. The minimum Gasteiger partial charge on any atom is -0.399 e. The van der Waals surface area contributed by atoms with Crippen LogP contribution < -0.4 is 11.5 Å². The standard InChI is InChI=1S/C10H13F2N3O3S/c11-10(12)19(17,18)15(6-9(14)16)5-7-2-1-3-8(13)4-7/h1-4,10H,5-6,13H2,(H2,14,16). The maximum absolute atomic E-state index is 12.5.